The topological polar surface area (TPSA) is 79.0 Å². The maximum atomic E-state index is 12.6. The molecule has 0 aliphatic carbocycles. The van der Waals surface area contributed by atoms with Gasteiger partial charge in [-0.25, -0.2) is 0 Å². The number of piperidine rings is 2. The first-order valence-corrected chi connectivity index (χ1v) is 10.5. The van der Waals surface area contributed by atoms with Crippen molar-refractivity contribution in [2.24, 2.45) is 5.92 Å². The maximum Gasteiger partial charge on any atom is 0.242 e. The number of methoxy groups -OCH3 is 1. The molecule has 1 aromatic rings. The van der Waals surface area contributed by atoms with Gasteiger partial charge < -0.3 is 19.9 Å². The smallest absolute Gasteiger partial charge is 0.242 e. The largest absolute Gasteiger partial charge is 0.497 e. The van der Waals surface area contributed by atoms with Crippen LogP contribution in [0.15, 0.2) is 24.3 Å². The van der Waals surface area contributed by atoms with Gasteiger partial charge in [0.1, 0.15) is 5.75 Å². The Labute approximate surface area is 172 Å². The summed E-state index contributed by atoms with van der Waals surface area (Å²) in [6.07, 6.45) is 4.70. The van der Waals surface area contributed by atoms with Crippen LogP contribution in [-0.4, -0.2) is 67.4 Å². The maximum absolute atomic E-state index is 12.6. The van der Waals surface area contributed by atoms with Crippen molar-refractivity contribution in [3.05, 3.63) is 29.8 Å². The SMILES string of the molecule is COc1ccc(CC(=O)NC[C@H]2CCCN(C(=O)CN3CCCCC3=O)C2)cc1. The van der Waals surface area contributed by atoms with E-state index in [1.54, 1.807) is 12.0 Å². The number of likely N-dealkylation sites (tertiary alicyclic amines) is 2. The number of ether oxygens (including phenoxy) is 1. The molecule has 2 heterocycles. The normalized spacial score (nSPS) is 19.8. The lowest BCUT2D eigenvalue weighted by Crippen LogP contribution is -2.49. The number of hydrogen-bond acceptors (Lipinski definition) is 4. The summed E-state index contributed by atoms with van der Waals surface area (Å²) in [6, 6.07) is 7.48. The predicted molar refractivity (Wildman–Crippen MR) is 109 cm³/mol. The Morgan fingerprint density at radius 3 is 2.66 bits per heavy atom. The number of hydrogen-bond donors (Lipinski definition) is 1. The van der Waals surface area contributed by atoms with Crippen LogP contribution in [0.5, 0.6) is 5.75 Å². The fourth-order valence-electron chi connectivity index (χ4n) is 4.00. The molecular weight excluding hydrogens is 370 g/mol. The van der Waals surface area contributed by atoms with Gasteiger partial charge in [-0.3, -0.25) is 14.4 Å². The van der Waals surface area contributed by atoms with Crippen LogP contribution in [0.25, 0.3) is 0 Å². The molecule has 3 rings (SSSR count). The van der Waals surface area contributed by atoms with Crippen molar-refractivity contribution in [3.63, 3.8) is 0 Å². The van der Waals surface area contributed by atoms with Crippen LogP contribution in [0.4, 0.5) is 0 Å². The minimum Gasteiger partial charge on any atom is -0.497 e. The summed E-state index contributed by atoms with van der Waals surface area (Å²) in [5.74, 6) is 1.12. The van der Waals surface area contributed by atoms with Crippen molar-refractivity contribution in [2.45, 2.75) is 38.5 Å². The average molecular weight is 402 g/mol. The van der Waals surface area contributed by atoms with Gasteiger partial charge in [0, 0.05) is 32.6 Å². The van der Waals surface area contributed by atoms with Crippen LogP contribution in [-0.2, 0) is 20.8 Å². The second-order valence-electron chi connectivity index (χ2n) is 7.95. The summed E-state index contributed by atoms with van der Waals surface area (Å²) in [6.45, 7) is 2.82. The minimum atomic E-state index is -0.0162. The zero-order chi connectivity index (χ0) is 20.6. The van der Waals surface area contributed by atoms with E-state index in [0.717, 1.165) is 43.5 Å². The van der Waals surface area contributed by atoms with E-state index in [1.165, 1.54) is 0 Å². The first-order chi connectivity index (χ1) is 14.0. The zero-order valence-corrected chi connectivity index (χ0v) is 17.2. The van der Waals surface area contributed by atoms with Gasteiger partial charge >= 0.3 is 0 Å². The molecule has 7 heteroatoms. The summed E-state index contributed by atoms with van der Waals surface area (Å²) >= 11 is 0. The number of amides is 3. The van der Waals surface area contributed by atoms with Crippen molar-refractivity contribution in [1.82, 2.24) is 15.1 Å². The summed E-state index contributed by atoms with van der Waals surface area (Å²) in [7, 11) is 1.62. The van der Waals surface area contributed by atoms with Gasteiger partial charge in [0.15, 0.2) is 0 Å². The van der Waals surface area contributed by atoms with Gasteiger partial charge in [0.25, 0.3) is 0 Å². The van der Waals surface area contributed by atoms with E-state index in [9.17, 15) is 14.4 Å². The average Bonchev–Trinajstić information content (AvgIpc) is 2.74. The Bertz CT molecular complexity index is 719. The molecule has 2 saturated heterocycles. The Morgan fingerprint density at radius 2 is 1.93 bits per heavy atom. The van der Waals surface area contributed by atoms with Crippen molar-refractivity contribution in [1.29, 1.82) is 0 Å². The van der Waals surface area contributed by atoms with Gasteiger partial charge in [0.05, 0.1) is 20.1 Å². The molecule has 0 unspecified atom stereocenters. The van der Waals surface area contributed by atoms with E-state index in [0.29, 0.717) is 32.5 Å². The first kappa shape index (κ1) is 21.1. The molecule has 1 atom stereocenters. The van der Waals surface area contributed by atoms with Crippen molar-refractivity contribution in [3.8, 4) is 5.75 Å². The molecule has 0 aromatic heterocycles. The zero-order valence-electron chi connectivity index (χ0n) is 17.2. The van der Waals surface area contributed by atoms with E-state index >= 15 is 0 Å². The molecule has 0 bridgehead atoms. The minimum absolute atomic E-state index is 0.0162. The van der Waals surface area contributed by atoms with Crippen LogP contribution in [0.1, 0.15) is 37.7 Å². The second kappa shape index (κ2) is 10.3. The highest BCUT2D eigenvalue weighted by Crippen LogP contribution is 2.18. The van der Waals surface area contributed by atoms with Crippen LogP contribution in [0.2, 0.25) is 0 Å². The standard InChI is InChI=1S/C22H31N3O4/c1-29-19-9-7-17(8-10-19)13-20(26)23-14-18-5-4-12-24(15-18)22(28)16-25-11-3-2-6-21(25)27/h7-10,18H,2-6,11-16H2,1H3,(H,23,26)/t18-/m1/s1. The highest BCUT2D eigenvalue weighted by atomic mass is 16.5. The third kappa shape index (κ3) is 6.21. The van der Waals surface area contributed by atoms with Crippen molar-refractivity contribution >= 4 is 17.7 Å². The van der Waals surface area contributed by atoms with Crippen LogP contribution in [0, 0.1) is 5.92 Å². The van der Waals surface area contributed by atoms with E-state index in [4.69, 9.17) is 4.74 Å². The molecule has 1 aromatic carbocycles. The lowest BCUT2D eigenvalue weighted by Gasteiger charge is -2.35. The Morgan fingerprint density at radius 1 is 1.14 bits per heavy atom. The molecule has 0 spiro atoms. The molecule has 2 aliphatic rings. The fraction of sp³-hybridized carbons (Fsp3) is 0.591. The Balaban J connectivity index is 1.42. The first-order valence-electron chi connectivity index (χ1n) is 10.5. The van der Waals surface area contributed by atoms with Gasteiger partial charge in [0.2, 0.25) is 17.7 Å². The second-order valence-corrected chi connectivity index (χ2v) is 7.95. The van der Waals surface area contributed by atoms with Gasteiger partial charge in [-0.15, -0.1) is 0 Å². The number of rotatable bonds is 7. The molecule has 0 saturated carbocycles. The highest BCUT2D eigenvalue weighted by molar-refractivity contribution is 5.85. The van der Waals surface area contributed by atoms with Crippen LogP contribution in [0.3, 0.4) is 0 Å². The van der Waals surface area contributed by atoms with Crippen LogP contribution < -0.4 is 10.1 Å². The number of carbonyl (C=O) groups excluding carboxylic acids is 3. The number of benzene rings is 1. The molecule has 7 nitrogen and oxygen atoms in total. The summed E-state index contributed by atoms with van der Waals surface area (Å²) in [5.41, 5.74) is 0.940. The van der Waals surface area contributed by atoms with E-state index in [-0.39, 0.29) is 30.2 Å². The molecular formula is C22H31N3O4. The van der Waals surface area contributed by atoms with E-state index < -0.39 is 0 Å². The molecule has 3 amide bonds. The molecule has 158 valence electrons. The van der Waals surface area contributed by atoms with Crippen molar-refractivity contribution < 1.29 is 19.1 Å². The molecule has 1 N–H and O–H groups in total. The monoisotopic (exact) mass is 401 g/mol. The summed E-state index contributed by atoms with van der Waals surface area (Å²) < 4.78 is 5.13. The highest BCUT2D eigenvalue weighted by Gasteiger charge is 2.27. The number of nitrogens with one attached hydrogen (secondary N) is 1. The Kier molecular flexibility index (Phi) is 7.49. The summed E-state index contributed by atoms with van der Waals surface area (Å²) in [5, 5.41) is 3.00. The molecule has 2 fully saturated rings. The summed E-state index contributed by atoms with van der Waals surface area (Å²) in [4.78, 5) is 40.4. The van der Waals surface area contributed by atoms with Gasteiger partial charge in [-0.1, -0.05) is 12.1 Å². The van der Waals surface area contributed by atoms with E-state index in [1.807, 2.05) is 29.2 Å². The van der Waals surface area contributed by atoms with Gasteiger partial charge in [-0.2, -0.15) is 0 Å². The lowest BCUT2D eigenvalue weighted by molar-refractivity contribution is -0.142. The number of nitrogens with zero attached hydrogens (tertiary/aromatic N) is 2. The lowest BCUT2D eigenvalue weighted by atomic mass is 9.97. The molecule has 2 aliphatic heterocycles. The Hall–Kier alpha value is -2.57. The molecule has 0 radical (unpaired) electrons. The van der Waals surface area contributed by atoms with Crippen LogP contribution >= 0.6 is 0 Å². The van der Waals surface area contributed by atoms with E-state index in [2.05, 4.69) is 5.32 Å². The molecule has 29 heavy (non-hydrogen) atoms. The predicted octanol–water partition coefficient (Wildman–Crippen LogP) is 1.60. The fourth-order valence-corrected chi connectivity index (χ4v) is 4.00. The van der Waals surface area contributed by atoms with Gasteiger partial charge in [-0.05, 0) is 49.3 Å². The third-order valence-corrected chi connectivity index (χ3v) is 5.73. The number of carbonyl (C=O) groups is 3. The quantitative estimate of drug-likeness (QED) is 0.753. The third-order valence-electron chi connectivity index (χ3n) is 5.73. The van der Waals surface area contributed by atoms with Crippen molar-refractivity contribution in [2.75, 3.05) is 39.8 Å².